The maximum absolute atomic E-state index is 12.4. The van der Waals surface area contributed by atoms with Gasteiger partial charge in [-0.1, -0.05) is 30.3 Å². The van der Waals surface area contributed by atoms with Crippen molar-refractivity contribution in [1.82, 2.24) is 9.88 Å². The highest BCUT2D eigenvalue weighted by molar-refractivity contribution is 8.18. The number of benzene rings is 2. The summed E-state index contributed by atoms with van der Waals surface area (Å²) < 4.78 is 2.05. The Morgan fingerprint density at radius 3 is 2.54 bits per heavy atom. The zero-order valence-corrected chi connectivity index (χ0v) is 15.0. The summed E-state index contributed by atoms with van der Waals surface area (Å²) in [4.78, 5) is 17.6. The number of amides is 1. The molecule has 2 aromatic carbocycles. The number of thioether (sulfide) groups is 1. The lowest BCUT2D eigenvalue weighted by molar-refractivity contribution is -0.115. The molecule has 1 saturated heterocycles. The third kappa shape index (κ3) is 3.34. The Bertz CT molecular complexity index is 1000. The number of aliphatic imine (C=N–C) groups is 1. The molecule has 1 fully saturated rings. The van der Waals surface area contributed by atoms with Crippen molar-refractivity contribution in [2.45, 2.75) is 6.92 Å². The van der Waals surface area contributed by atoms with Gasteiger partial charge in [-0.3, -0.25) is 4.79 Å². The minimum absolute atomic E-state index is 0.103. The molecule has 2 heterocycles. The van der Waals surface area contributed by atoms with Gasteiger partial charge in [-0.2, -0.15) is 0 Å². The van der Waals surface area contributed by atoms with Gasteiger partial charge in [0.25, 0.3) is 5.91 Å². The fourth-order valence-corrected chi connectivity index (χ4v) is 3.68. The molecule has 0 atom stereocenters. The molecule has 1 N–H and O–H groups in total. The molecule has 0 spiro atoms. The molecule has 0 bridgehead atoms. The van der Waals surface area contributed by atoms with Crippen LogP contribution in [0.25, 0.3) is 11.3 Å². The molecule has 4 nitrogen and oxygen atoms in total. The number of carbonyl (C=O) groups is 1. The van der Waals surface area contributed by atoms with Crippen LogP contribution in [0, 0.1) is 0 Å². The van der Waals surface area contributed by atoms with Crippen LogP contribution in [0.15, 0.2) is 89.0 Å². The van der Waals surface area contributed by atoms with Crippen LogP contribution >= 0.6 is 11.8 Å². The molecular weight excluding hydrogens is 342 g/mol. The number of nitrogens with zero attached hydrogens (tertiary/aromatic N) is 2. The SMILES string of the molecule is CC(=C1SC(=Nc2ccccc2)NC1=O)c1cccc(-n2cccc2)c1. The molecule has 0 radical (unpaired) electrons. The summed E-state index contributed by atoms with van der Waals surface area (Å²) >= 11 is 1.38. The molecule has 0 unspecified atom stereocenters. The van der Waals surface area contributed by atoms with Crippen LogP contribution in [-0.2, 0) is 4.79 Å². The van der Waals surface area contributed by atoms with Crippen molar-refractivity contribution in [2.24, 2.45) is 4.99 Å². The van der Waals surface area contributed by atoms with Gasteiger partial charge in [0.1, 0.15) is 0 Å². The van der Waals surface area contributed by atoms with Crippen LogP contribution < -0.4 is 5.32 Å². The first kappa shape index (κ1) is 16.4. The molecule has 0 aliphatic carbocycles. The van der Waals surface area contributed by atoms with E-state index in [0.717, 1.165) is 22.5 Å². The Morgan fingerprint density at radius 2 is 1.77 bits per heavy atom. The Morgan fingerprint density at radius 1 is 1.00 bits per heavy atom. The molecule has 4 rings (SSSR count). The molecule has 128 valence electrons. The van der Waals surface area contributed by atoms with Gasteiger partial charge in [-0.25, -0.2) is 4.99 Å². The average molecular weight is 359 g/mol. The first-order valence-corrected chi connectivity index (χ1v) is 9.10. The van der Waals surface area contributed by atoms with Crippen molar-refractivity contribution in [3.63, 3.8) is 0 Å². The van der Waals surface area contributed by atoms with E-state index in [2.05, 4.69) is 16.4 Å². The second kappa shape index (κ2) is 7.06. The fourth-order valence-electron chi connectivity index (χ4n) is 2.78. The fraction of sp³-hybridized carbons (Fsp3) is 0.0476. The second-order valence-corrected chi connectivity index (χ2v) is 6.90. The maximum atomic E-state index is 12.4. The van der Waals surface area contributed by atoms with Gasteiger partial charge in [0.05, 0.1) is 10.6 Å². The molecule has 1 amide bonds. The van der Waals surface area contributed by atoms with E-state index < -0.39 is 0 Å². The summed E-state index contributed by atoms with van der Waals surface area (Å²) in [6, 6.07) is 21.8. The molecular formula is C21H17N3OS. The lowest BCUT2D eigenvalue weighted by atomic mass is 10.1. The number of aromatic nitrogens is 1. The number of para-hydroxylation sites is 1. The number of hydrogen-bond acceptors (Lipinski definition) is 3. The second-order valence-electron chi connectivity index (χ2n) is 5.90. The quantitative estimate of drug-likeness (QED) is 0.686. The van der Waals surface area contributed by atoms with Crippen molar-refractivity contribution in [2.75, 3.05) is 0 Å². The molecule has 26 heavy (non-hydrogen) atoms. The summed E-state index contributed by atoms with van der Waals surface area (Å²) in [6.45, 7) is 1.97. The van der Waals surface area contributed by atoms with Crippen LogP contribution in [0.3, 0.4) is 0 Å². The zero-order valence-electron chi connectivity index (χ0n) is 14.2. The number of allylic oxidation sites excluding steroid dienone is 1. The van der Waals surface area contributed by atoms with Gasteiger partial charge >= 0.3 is 0 Å². The van der Waals surface area contributed by atoms with Gasteiger partial charge < -0.3 is 9.88 Å². The number of hydrogen-bond donors (Lipinski definition) is 1. The minimum Gasteiger partial charge on any atom is -0.324 e. The number of amidine groups is 1. The van der Waals surface area contributed by atoms with E-state index >= 15 is 0 Å². The topological polar surface area (TPSA) is 46.4 Å². The Hall–Kier alpha value is -3.05. The average Bonchev–Trinajstić information content (AvgIpc) is 3.32. The van der Waals surface area contributed by atoms with Crippen LogP contribution in [0.2, 0.25) is 0 Å². The Balaban J connectivity index is 1.65. The largest absolute Gasteiger partial charge is 0.324 e. The molecule has 1 aliphatic rings. The normalized spacial score (nSPS) is 17.4. The predicted molar refractivity (Wildman–Crippen MR) is 108 cm³/mol. The summed E-state index contributed by atoms with van der Waals surface area (Å²) in [5.41, 5.74) is 3.85. The van der Waals surface area contributed by atoms with Gasteiger partial charge in [-0.05, 0) is 66.2 Å². The lowest BCUT2D eigenvalue weighted by Crippen LogP contribution is -2.19. The minimum atomic E-state index is -0.103. The molecule has 5 heteroatoms. The standard InChI is InChI=1S/C21H17N3OS/c1-15(16-8-7-11-18(14-16)24-12-5-6-13-24)19-20(25)23-21(26-19)22-17-9-3-2-4-10-17/h2-14H,1H3,(H,22,23,25). The maximum Gasteiger partial charge on any atom is 0.264 e. The smallest absolute Gasteiger partial charge is 0.264 e. The monoisotopic (exact) mass is 359 g/mol. The van der Waals surface area contributed by atoms with Crippen molar-refractivity contribution >= 4 is 34.1 Å². The predicted octanol–water partition coefficient (Wildman–Crippen LogP) is 4.76. The van der Waals surface area contributed by atoms with E-state index in [9.17, 15) is 4.79 Å². The van der Waals surface area contributed by atoms with Crippen molar-refractivity contribution in [3.05, 3.63) is 89.6 Å². The van der Waals surface area contributed by atoms with E-state index in [1.165, 1.54) is 11.8 Å². The van der Waals surface area contributed by atoms with E-state index in [1.54, 1.807) is 0 Å². The van der Waals surface area contributed by atoms with Crippen LogP contribution in [-0.4, -0.2) is 15.6 Å². The third-order valence-electron chi connectivity index (χ3n) is 4.13. The van der Waals surface area contributed by atoms with E-state index in [-0.39, 0.29) is 5.91 Å². The van der Waals surface area contributed by atoms with Gasteiger partial charge in [0.2, 0.25) is 0 Å². The van der Waals surface area contributed by atoms with E-state index in [0.29, 0.717) is 10.1 Å². The molecule has 0 saturated carbocycles. The molecule has 3 aromatic rings. The Labute approximate surface area is 156 Å². The van der Waals surface area contributed by atoms with Crippen LogP contribution in [0.5, 0.6) is 0 Å². The summed E-state index contributed by atoms with van der Waals surface area (Å²) in [7, 11) is 0. The van der Waals surface area contributed by atoms with Crippen molar-refractivity contribution in [3.8, 4) is 5.69 Å². The van der Waals surface area contributed by atoms with E-state index in [1.807, 2.05) is 84.5 Å². The summed E-state index contributed by atoms with van der Waals surface area (Å²) in [5.74, 6) is -0.103. The molecule has 1 aliphatic heterocycles. The highest BCUT2D eigenvalue weighted by Gasteiger charge is 2.26. The summed E-state index contributed by atoms with van der Waals surface area (Å²) in [5, 5.41) is 3.46. The summed E-state index contributed by atoms with van der Waals surface area (Å²) in [6.07, 6.45) is 4.01. The lowest BCUT2D eigenvalue weighted by Gasteiger charge is -2.08. The highest BCUT2D eigenvalue weighted by Crippen LogP contribution is 2.33. The third-order valence-corrected chi connectivity index (χ3v) is 5.22. The first-order chi connectivity index (χ1) is 12.7. The van der Waals surface area contributed by atoms with E-state index in [4.69, 9.17) is 0 Å². The number of nitrogens with one attached hydrogen (secondary N) is 1. The van der Waals surface area contributed by atoms with Crippen molar-refractivity contribution < 1.29 is 4.79 Å². The number of rotatable bonds is 3. The highest BCUT2D eigenvalue weighted by atomic mass is 32.2. The van der Waals surface area contributed by atoms with Crippen LogP contribution in [0.4, 0.5) is 5.69 Å². The Kier molecular flexibility index (Phi) is 4.46. The van der Waals surface area contributed by atoms with Gasteiger partial charge in [0, 0.05) is 18.1 Å². The van der Waals surface area contributed by atoms with Gasteiger partial charge in [0.15, 0.2) is 5.17 Å². The first-order valence-electron chi connectivity index (χ1n) is 8.28. The van der Waals surface area contributed by atoms with Crippen molar-refractivity contribution in [1.29, 1.82) is 0 Å². The van der Waals surface area contributed by atoms with Gasteiger partial charge in [-0.15, -0.1) is 0 Å². The molecule has 1 aromatic heterocycles. The van der Waals surface area contributed by atoms with Crippen LogP contribution in [0.1, 0.15) is 12.5 Å². The zero-order chi connectivity index (χ0) is 17.9. The number of carbonyl (C=O) groups excluding carboxylic acids is 1.